The molecule has 0 spiro atoms. The second-order valence-corrected chi connectivity index (χ2v) is 5.21. The fourth-order valence-corrected chi connectivity index (χ4v) is 2.61. The minimum atomic E-state index is -0.332. The molecule has 1 aliphatic carbocycles. The van der Waals surface area contributed by atoms with Crippen LogP contribution in [0.25, 0.3) is 0 Å². The van der Waals surface area contributed by atoms with Crippen molar-refractivity contribution >= 4 is 0 Å². The van der Waals surface area contributed by atoms with Crippen molar-refractivity contribution in [3.8, 4) is 17.6 Å². The summed E-state index contributed by atoms with van der Waals surface area (Å²) in [7, 11) is 1.64. The first-order valence-electron chi connectivity index (χ1n) is 7.21. The Morgan fingerprint density at radius 2 is 1.80 bits per heavy atom. The van der Waals surface area contributed by atoms with Crippen LogP contribution in [-0.4, -0.2) is 25.8 Å². The van der Waals surface area contributed by atoms with Crippen molar-refractivity contribution in [3.63, 3.8) is 0 Å². The van der Waals surface area contributed by atoms with Gasteiger partial charge >= 0.3 is 0 Å². The third kappa shape index (κ3) is 3.88. The first-order chi connectivity index (χ1) is 9.78. The van der Waals surface area contributed by atoms with Gasteiger partial charge in [0.1, 0.15) is 23.6 Å². The lowest BCUT2D eigenvalue weighted by Gasteiger charge is -2.31. The minimum Gasteiger partial charge on any atom is -0.497 e. The molecule has 0 unspecified atom stereocenters. The van der Waals surface area contributed by atoms with E-state index >= 15 is 0 Å². The summed E-state index contributed by atoms with van der Waals surface area (Å²) in [5.74, 6) is 1.64. The van der Waals surface area contributed by atoms with Crippen molar-refractivity contribution in [2.45, 2.75) is 37.6 Å². The van der Waals surface area contributed by atoms with E-state index < -0.39 is 0 Å². The zero-order chi connectivity index (χ0) is 14.3. The molecule has 108 valence electrons. The Bertz CT molecular complexity index is 445. The molecule has 4 nitrogen and oxygen atoms in total. The average molecular weight is 274 g/mol. The molecule has 0 bridgehead atoms. The summed E-state index contributed by atoms with van der Waals surface area (Å²) in [5, 5.41) is 12.7. The van der Waals surface area contributed by atoms with Gasteiger partial charge in [0.15, 0.2) is 0 Å². The third-order valence-corrected chi connectivity index (χ3v) is 3.81. The number of rotatable bonds is 6. The summed E-state index contributed by atoms with van der Waals surface area (Å²) < 4.78 is 10.8. The SMILES string of the molecule is COc1ccc(OCCNC2(C#N)CCCCC2)cc1. The van der Waals surface area contributed by atoms with E-state index in [9.17, 15) is 5.26 Å². The van der Waals surface area contributed by atoms with Crippen molar-refractivity contribution < 1.29 is 9.47 Å². The Kier molecular flexibility index (Phi) is 5.25. The van der Waals surface area contributed by atoms with Crippen molar-refractivity contribution in [1.82, 2.24) is 5.32 Å². The van der Waals surface area contributed by atoms with E-state index in [2.05, 4.69) is 11.4 Å². The number of hydrogen-bond acceptors (Lipinski definition) is 4. The number of nitrogens with zero attached hydrogens (tertiary/aromatic N) is 1. The number of ether oxygens (including phenoxy) is 2. The number of benzene rings is 1. The van der Waals surface area contributed by atoms with Crippen LogP contribution >= 0.6 is 0 Å². The third-order valence-electron chi connectivity index (χ3n) is 3.81. The normalized spacial score (nSPS) is 17.2. The van der Waals surface area contributed by atoms with Crippen LogP contribution in [0, 0.1) is 11.3 Å². The van der Waals surface area contributed by atoms with E-state index in [1.807, 2.05) is 24.3 Å². The molecule has 0 saturated heterocycles. The van der Waals surface area contributed by atoms with Gasteiger partial charge in [0.05, 0.1) is 13.2 Å². The molecule has 2 rings (SSSR count). The number of hydrogen-bond donors (Lipinski definition) is 1. The highest BCUT2D eigenvalue weighted by atomic mass is 16.5. The van der Waals surface area contributed by atoms with E-state index in [0.717, 1.165) is 37.2 Å². The molecular formula is C16H22N2O2. The molecule has 20 heavy (non-hydrogen) atoms. The largest absolute Gasteiger partial charge is 0.497 e. The zero-order valence-corrected chi connectivity index (χ0v) is 12.0. The lowest BCUT2D eigenvalue weighted by atomic mass is 9.83. The second-order valence-electron chi connectivity index (χ2n) is 5.21. The first-order valence-corrected chi connectivity index (χ1v) is 7.21. The molecule has 1 aromatic rings. The molecule has 0 amide bonds. The number of methoxy groups -OCH3 is 1. The summed E-state index contributed by atoms with van der Waals surface area (Å²) in [6, 6.07) is 9.98. The lowest BCUT2D eigenvalue weighted by molar-refractivity contribution is 0.256. The fraction of sp³-hybridized carbons (Fsp3) is 0.562. The summed E-state index contributed by atoms with van der Waals surface area (Å²) in [6.45, 7) is 1.26. The molecular weight excluding hydrogens is 252 g/mol. The quantitative estimate of drug-likeness (QED) is 0.810. The molecule has 4 heteroatoms. The van der Waals surface area contributed by atoms with Crippen LogP contribution in [-0.2, 0) is 0 Å². The fourth-order valence-electron chi connectivity index (χ4n) is 2.61. The Morgan fingerprint density at radius 3 is 2.40 bits per heavy atom. The highest BCUT2D eigenvalue weighted by Crippen LogP contribution is 2.27. The van der Waals surface area contributed by atoms with E-state index in [-0.39, 0.29) is 5.54 Å². The van der Waals surface area contributed by atoms with E-state index in [1.54, 1.807) is 7.11 Å². The smallest absolute Gasteiger partial charge is 0.119 e. The number of nitrogens with one attached hydrogen (secondary N) is 1. The Morgan fingerprint density at radius 1 is 1.15 bits per heavy atom. The van der Waals surface area contributed by atoms with Gasteiger partial charge in [-0.3, -0.25) is 5.32 Å². The Labute approximate surface area is 120 Å². The molecule has 1 aromatic carbocycles. The van der Waals surface area contributed by atoms with Crippen LogP contribution < -0.4 is 14.8 Å². The summed E-state index contributed by atoms with van der Waals surface area (Å²) in [5.41, 5.74) is -0.332. The van der Waals surface area contributed by atoms with Crippen molar-refractivity contribution in [2.24, 2.45) is 0 Å². The lowest BCUT2D eigenvalue weighted by Crippen LogP contribution is -2.47. The minimum absolute atomic E-state index is 0.332. The van der Waals surface area contributed by atoms with Gasteiger partial charge in [-0.2, -0.15) is 5.26 Å². The maximum absolute atomic E-state index is 9.35. The van der Waals surface area contributed by atoms with Crippen LogP contribution in [0.1, 0.15) is 32.1 Å². The van der Waals surface area contributed by atoms with E-state index in [0.29, 0.717) is 13.2 Å². The highest BCUT2D eigenvalue weighted by Gasteiger charge is 2.30. The van der Waals surface area contributed by atoms with Crippen LogP contribution in [0.5, 0.6) is 11.5 Å². The molecule has 0 atom stereocenters. The molecule has 0 radical (unpaired) electrons. The van der Waals surface area contributed by atoms with Gasteiger partial charge in [-0.15, -0.1) is 0 Å². The molecule has 0 aromatic heterocycles. The topological polar surface area (TPSA) is 54.3 Å². The molecule has 1 aliphatic rings. The standard InChI is InChI=1S/C16H22N2O2/c1-19-14-5-7-15(8-6-14)20-12-11-18-16(13-17)9-3-2-4-10-16/h5-8,18H,2-4,9-12H2,1H3. The van der Waals surface area contributed by atoms with E-state index in [4.69, 9.17) is 9.47 Å². The van der Waals surface area contributed by atoms with Crippen molar-refractivity contribution in [1.29, 1.82) is 5.26 Å². The summed E-state index contributed by atoms with van der Waals surface area (Å²) in [6.07, 6.45) is 5.42. The van der Waals surface area contributed by atoms with Crippen LogP contribution in [0.3, 0.4) is 0 Å². The van der Waals surface area contributed by atoms with E-state index in [1.165, 1.54) is 6.42 Å². The average Bonchev–Trinajstić information content (AvgIpc) is 2.53. The molecule has 0 heterocycles. The summed E-state index contributed by atoms with van der Waals surface area (Å²) >= 11 is 0. The molecule has 1 saturated carbocycles. The van der Waals surface area contributed by atoms with Gasteiger partial charge < -0.3 is 9.47 Å². The molecule has 1 fully saturated rings. The molecule has 1 N–H and O–H groups in total. The predicted molar refractivity (Wildman–Crippen MR) is 77.9 cm³/mol. The van der Waals surface area contributed by atoms with Crippen LogP contribution in [0.4, 0.5) is 0 Å². The summed E-state index contributed by atoms with van der Waals surface area (Å²) in [4.78, 5) is 0. The zero-order valence-electron chi connectivity index (χ0n) is 12.0. The van der Waals surface area contributed by atoms with Gasteiger partial charge in [0, 0.05) is 6.54 Å². The predicted octanol–water partition coefficient (Wildman–Crippen LogP) is 2.89. The van der Waals surface area contributed by atoms with Gasteiger partial charge in [0.2, 0.25) is 0 Å². The van der Waals surface area contributed by atoms with Crippen molar-refractivity contribution in [3.05, 3.63) is 24.3 Å². The molecule has 0 aliphatic heterocycles. The highest BCUT2D eigenvalue weighted by molar-refractivity contribution is 5.31. The van der Waals surface area contributed by atoms with Gasteiger partial charge in [-0.05, 0) is 37.1 Å². The van der Waals surface area contributed by atoms with Gasteiger partial charge in [0.25, 0.3) is 0 Å². The van der Waals surface area contributed by atoms with Gasteiger partial charge in [-0.1, -0.05) is 19.3 Å². The maximum Gasteiger partial charge on any atom is 0.119 e. The second kappa shape index (κ2) is 7.16. The first kappa shape index (κ1) is 14.7. The maximum atomic E-state index is 9.35. The monoisotopic (exact) mass is 274 g/mol. The van der Waals surface area contributed by atoms with Crippen LogP contribution in [0.15, 0.2) is 24.3 Å². The number of nitriles is 1. The van der Waals surface area contributed by atoms with Gasteiger partial charge in [-0.25, -0.2) is 0 Å². The Hall–Kier alpha value is -1.73. The van der Waals surface area contributed by atoms with Crippen molar-refractivity contribution in [2.75, 3.05) is 20.3 Å². The van der Waals surface area contributed by atoms with Crippen LogP contribution in [0.2, 0.25) is 0 Å². The Balaban J connectivity index is 1.73.